The van der Waals surface area contributed by atoms with Crippen molar-refractivity contribution in [1.29, 1.82) is 0 Å². The number of hydrogen-bond donors (Lipinski definition) is 3. The molecule has 14 nitrogen and oxygen atoms in total. The van der Waals surface area contributed by atoms with Crippen molar-refractivity contribution >= 4 is 80.9 Å². The van der Waals surface area contributed by atoms with Gasteiger partial charge in [-0.2, -0.15) is 0 Å². The first-order valence-corrected chi connectivity index (χ1v) is 14.2. The number of aromatic nitrogens is 3. The molecule has 2 aliphatic heterocycles. The molecule has 0 bridgehead atoms. The van der Waals surface area contributed by atoms with Crippen molar-refractivity contribution in [1.82, 2.24) is 25.4 Å². The van der Waals surface area contributed by atoms with Crippen LogP contribution in [0.1, 0.15) is 12.6 Å². The van der Waals surface area contributed by atoms with E-state index in [1.807, 2.05) is 0 Å². The molecule has 0 radical (unpaired) electrons. The molecule has 4 heterocycles. The van der Waals surface area contributed by atoms with Crippen molar-refractivity contribution in [3.63, 3.8) is 0 Å². The zero-order valence-electron chi connectivity index (χ0n) is 19.2. The van der Waals surface area contributed by atoms with Crippen LogP contribution in [0.25, 0.3) is 0 Å². The van der Waals surface area contributed by atoms with Gasteiger partial charge in [0.15, 0.2) is 15.2 Å². The minimum atomic E-state index is -1.22. The predicted octanol–water partition coefficient (Wildman–Crippen LogP) is 1.44. The Kier molecular flexibility index (Phi) is 8.62. The van der Waals surface area contributed by atoms with Crippen LogP contribution in [0.4, 0.5) is 9.93 Å². The smallest absolute Gasteiger partial charge is 0.413 e. The Morgan fingerprint density at radius 2 is 2.16 bits per heavy atom. The first-order valence-electron chi connectivity index (χ1n) is 10.4. The number of anilines is 1. The Morgan fingerprint density at radius 3 is 2.84 bits per heavy atom. The van der Waals surface area contributed by atoms with Gasteiger partial charge in [0.1, 0.15) is 35.4 Å². The lowest BCUT2D eigenvalue weighted by atomic mass is 10.0. The largest absolute Gasteiger partial charge is 0.477 e. The van der Waals surface area contributed by atoms with Crippen LogP contribution in [0.3, 0.4) is 0 Å². The molecular weight excluding hydrogens is 567 g/mol. The van der Waals surface area contributed by atoms with Crippen molar-refractivity contribution in [2.45, 2.75) is 22.7 Å². The van der Waals surface area contributed by atoms with E-state index >= 15 is 0 Å². The van der Waals surface area contributed by atoms with E-state index in [4.69, 9.17) is 9.57 Å². The summed E-state index contributed by atoms with van der Waals surface area (Å²) in [6.45, 7) is 1.83. The number of nitrogens with zero attached hydrogens (tertiary/aromatic N) is 5. The number of fused-ring (bicyclic) bond motifs is 1. The highest BCUT2D eigenvalue weighted by molar-refractivity contribution is 8.01. The Morgan fingerprint density at radius 1 is 1.35 bits per heavy atom. The molecule has 37 heavy (non-hydrogen) atoms. The first-order chi connectivity index (χ1) is 17.8. The second-order valence-electron chi connectivity index (χ2n) is 7.12. The van der Waals surface area contributed by atoms with E-state index in [-0.39, 0.29) is 28.8 Å². The predicted molar refractivity (Wildman–Crippen MR) is 137 cm³/mol. The first kappa shape index (κ1) is 26.8. The summed E-state index contributed by atoms with van der Waals surface area (Å²) in [7, 11) is 1.25. The number of carboxylic acid groups (broad SMARTS) is 1. The molecular formula is C19H19N7O7S4. The molecule has 18 heteroatoms. The van der Waals surface area contributed by atoms with E-state index in [9.17, 15) is 24.3 Å². The average molecular weight is 586 g/mol. The number of ether oxygens (including phenoxy) is 1. The van der Waals surface area contributed by atoms with Crippen LogP contribution < -0.4 is 10.6 Å². The Hall–Kier alpha value is -3.22. The third-order valence-corrected chi connectivity index (χ3v) is 8.92. The minimum Gasteiger partial charge on any atom is -0.477 e. The molecule has 3 N–H and O–H groups in total. The fraction of sp³-hybridized carbons (Fsp3) is 0.368. The number of carbonyl (C=O) groups is 4. The number of oxime groups is 1. The van der Waals surface area contributed by atoms with Gasteiger partial charge in [0, 0.05) is 16.9 Å². The van der Waals surface area contributed by atoms with Gasteiger partial charge in [-0.1, -0.05) is 28.3 Å². The van der Waals surface area contributed by atoms with Gasteiger partial charge in [-0.15, -0.1) is 33.3 Å². The minimum absolute atomic E-state index is 0.0868. The summed E-state index contributed by atoms with van der Waals surface area (Å²) in [4.78, 5) is 59.7. The van der Waals surface area contributed by atoms with E-state index in [1.54, 1.807) is 12.4 Å². The molecule has 0 saturated carbocycles. The third kappa shape index (κ3) is 5.86. The summed E-state index contributed by atoms with van der Waals surface area (Å²) in [5.41, 5.74) is 1.97. The quantitative estimate of drug-likeness (QED) is 0.158. The molecule has 0 aromatic carbocycles. The maximum absolute atomic E-state index is 13.0. The van der Waals surface area contributed by atoms with Gasteiger partial charge in [-0.25, -0.2) is 14.6 Å². The van der Waals surface area contributed by atoms with Crippen LogP contribution in [-0.2, 0) is 24.0 Å². The normalized spacial score (nSPS) is 19.1. The Balaban J connectivity index is 1.45. The fourth-order valence-electron chi connectivity index (χ4n) is 3.37. The highest BCUT2D eigenvalue weighted by Gasteiger charge is 2.54. The fourth-order valence-corrected chi connectivity index (χ4v) is 7.02. The molecule has 1 unspecified atom stereocenters. The highest BCUT2D eigenvalue weighted by Crippen LogP contribution is 2.41. The molecule has 2 aromatic heterocycles. The molecule has 1 fully saturated rings. The van der Waals surface area contributed by atoms with Crippen molar-refractivity contribution in [2.75, 3.05) is 30.5 Å². The van der Waals surface area contributed by atoms with Gasteiger partial charge in [0.25, 0.3) is 11.8 Å². The van der Waals surface area contributed by atoms with Crippen LogP contribution in [-0.4, -0.2) is 91.4 Å². The van der Waals surface area contributed by atoms with Crippen LogP contribution in [0.5, 0.6) is 0 Å². The van der Waals surface area contributed by atoms with Gasteiger partial charge >= 0.3 is 12.1 Å². The monoisotopic (exact) mass is 585 g/mol. The average Bonchev–Trinajstić information content (AvgIpc) is 3.56. The van der Waals surface area contributed by atoms with Crippen LogP contribution in [0, 0.1) is 0 Å². The summed E-state index contributed by atoms with van der Waals surface area (Å²) in [5.74, 6) is -1.81. The number of thiazole rings is 1. The lowest BCUT2D eigenvalue weighted by Gasteiger charge is -2.49. The number of thioether (sulfide) groups is 2. The van der Waals surface area contributed by atoms with E-state index in [0.29, 0.717) is 21.4 Å². The van der Waals surface area contributed by atoms with Crippen LogP contribution in [0.15, 0.2) is 31.7 Å². The number of nitrogens with one attached hydrogen (secondary N) is 2. The molecule has 196 valence electrons. The Bertz CT molecular complexity index is 1260. The molecule has 4 rings (SSSR count). The summed E-state index contributed by atoms with van der Waals surface area (Å²) in [6.07, 6.45) is -0.698. The lowest BCUT2D eigenvalue weighted by Crippen LogP contribution is -2.71. The zero-order chi connectivity index (χ0) is 26.5. The summed E-state index contributed by atoms with van der Waals surface area (Å²) >= 11 is 5.07. The topological polar surface area (TPSA) is 185 Å². The van der Waals surface area contributed by atoms with Crippen molar-refractivity contribution in [2.24, 2.45) is 5.16 Å². The third-order valence-electron chi connectivity index (χ3n) is 4.88. The maximum Gasteiger partial charge on any atom is 0.413 e. The number of rotatable bonds is 10. The van der Waals surface area contributed by atoms with E-state index in [1.165, 1.54) is 52.3 Å². The molecule has 0 spiro atoms. The number of hydrogen-bond acceptors (Lipinski definition) is 14. The highest BCUT2D eigenvalue weighted by atomic mass is 32.2. The molecule has 0 aliphatic carbocycles. The van der Waals surface area contributed by atoms with Crippen molar-refractivity contribution in [3.8, 4) is 0 Å². The van der Waals surface area contributed by atoms with Crippen molar-refractivity contribution in [3.05, 3.63) is 27.9 Å². The number of carbonyl (C=O) groups excluding carboxylic acids is 3. The van der Waals surface area contributed by atoms with Gasteiger partial charge in [-0.3, -0.25) is 19.8 Å². The van der Waals surface area contributed by atoms with Gasteiger partial charge < -0.3 is 20.0 Å². The molecule has 2 aromatic rings. The molecule has 2 atom stereocenters. The SMILES string of the molecule is CCOC(=O)Nc1nc(C(=NOC)C(=O)NC2C(=O)N3C(C(=O)O)=C(CSc4nncs4)CS[C@H]23)cs1. The van der Waals surface area contributed by atoms with E-state index in [0.717, 1.165) is 11.3 Å². The zero-order valence-corrected chi connectivity index (χ0v) is 22.5. The summed E-state index contributed by atoms with van der Waals surface area (Å²) in [6, 6.07) is -0.970. The van der Waals surface area contributed by atoms with Gasteiger partial charge in [-0.05, 0) is 12.5 Å². The number of aliphatic carboxylic acids is 1. The number of carboxylic acids is 1. The number of amides is 3. The Labute approximate surface area is 225 Å². The van der Waals surface area contributed by atoms with Gasteiger partial charge in [0.2, 0.25) is 0 Å². The summed E-state index contributed by atoms with van der Waals surface area (Å²) in [5, 5.41) is 27.3. The van der Waals surface area contributed by atoms with Crippen LogP contribution in [0.2, 0.25) is 0 Å². The molecule has 1 saturated heterocycles. The van der Waals surface area contributed by atoms with Gasteiger partial charge in [0.05, 0.1) is 6.61 Å². The molecule has 2 aliphatic rings. The standard InChI is InChI=1S/C19H19N7O7S4/c1-3-33-18(31)23-17-21-9(6-35-17)10(25-32-2)13(27)22-11-14(28)26-12(16(29)30)8(4-34-15(11)26)5-36-19-24-20-7-37-19/h6-7,11,15H,3-5H2,1-2H3,(H,22,27)(H,29,30)(H,21,23,31)/t11?,15-/m1/s1. The van der Waals surface area contributed by atoms with E-state index < -0.39 is 35.3 Å². The van der Waals surface area contributed by atoms with Crippen molar-refractivity contribution < 1.29 is 33.9 Å². The molecule has 3 amide bonds. The maximum atomic E-state index is 13.0. The van der Waals surface area contributed by atoms with E-state index in [2.05, 4.69) is 31.0 Å². The summed E-state index contributed by atoms with van der Waals surface area (Å²) < 4.78 is 5.49. The lowest BCUT2D eigenvalue weighted by molar-refractivity contribution is -0.150. The van der Waals surface area contributed by atoms with Crippen LogP contribution >= 0.6 is 46.2 Å². The second kappa shape index (κ2) is 11.9. The number of β-lactam (4-membered cyclic amide) rings is 1. The second-order valence-corrected chi connectivity index (χ2v) is 11.1.